The first kappa shape index (κ1) is 23.1. The van der Waals surface area contributed by atoms with Gasteiger partial charge in [-0.25, -0.2) is 8.42 Å². The van der Waals surface area contributed by atoms with Gasteiger partial charge in [0.15, 0.2) is 21.3 Å². The molecule has 2 aromatic carbocycles. The summed E-state index contributed by atoms with van der Waals surface area (Å²) in [4.78, 5) is 29.1. The highest BCUT2D eigenvalue weighted by atomic mass is 32.2. The molecule has 9 heteroatoms. The lowest BCUT2D eigenvalue weighted by Crippen LogP contribution is -2.52. The van der Waals surface area contributed by atoms with Gasteiger partial charge in [-0.3, -0.25) is 9.59 Å². The van der Waals surface area contributed by atoms with Gasteiger partial charge in [-0.2, -0.15) is 0 Å². The van der Waals surface area contributed by atoms with Crippen molar-refractivity contribution in [3.8, 4) is 11.5 Å². The number of methoxy groups -OCH3 is 1. The van der Waals surface area contributed by atoms with Crippen LogP contribution in [0.5, 0.6) is 11.5 Å². The van der Waals surface area contributed by atoms with Gasteiger partial charge in [-0.05, 0) is 30.2 Å². The summed E-state index contributed by atoms with van der Waals surface area (Å²) in [5.41, 5.74) is 1.52. The topological polar surface area (TPSA) is 93.2 Å². The van der Waals surface area contributed by atoms with Crippen molar-refractivity contribution in [1.82, 2.24) is 9.80 Å². The SMILES string of the molecule is COc1cc(C(=O)N2CCN(C(=O)C3CCS(=O)(=O)C3)CC2)ccc1OCc1ccccc1. The Kier molecular flexibility index (Phi) is 6.88. The number of carbonyl (C=O) groups is 2. The Balaban J connectivity index is 1.35. The van der Waals surface area contributed by atoms with E-state index in [-0.39, 0.29) is 23.3 Å². The number of sulfone groups is 1. The summed E-state index contributed by atoms with van der Waals surface area (Å²) in [6.45, 7) is 1.99. The second-order valence-electron chi connectivity index (χ2n) is 8.36. The van der Waals surface area contributed by atoms with E-state index in [1.165, 1.54) is 7.11 Å². The molecule has 2 fully saturated rings. The summed E-state index contributed by atoms with van der Waals surface area (Å²) in [6.07, 6.45) is 0.388. The molecule has 2 aromatic rings. The van der Waals surface area contributed by atoms with Crippen molar-refractivity contribution in [2.45, 2.75) is 13.0 Å². The van der Waals surface area contributed by atoms with Gasteiger partial charge in [-0.15, -0.1) is 0 Å². The fourth-order valence-electron chi connectivity index (χ4n) is 4.22. The van der Waals surface area contributed by atoms with Gasteiger partial charge in [-0.1, -0.05) is 30.3 Å². The molecule has 0 saturated carbocycles. The number of carbonyl (C=O) groups excluding carboxylic acids is 2. The average Bonchev–Trinajstić information content (AvgIpc) is 3.22. The van der Waals surface area contributed by atoms with Crippen LogP contribution in [0.2, 0.25) is 0 Å². The zero-order chi connectivity index (χ0) is 23.4. The van der Waals surface area contributed by atoms with Crippen molar-refractivity contribution in [2.75, 3.05) is 44.8 Å². The van der Waals surface area contributed by atoms with E-state index in [2.05, 4.69) is 0 Å². The first-order valence-electron chi connectivity index (χ1n) is 11.0. The fourth-order valence-corrected chi connectivity index (χ4v) is 5.95. The van der Waals surface area contributed by atoms with Crippen LogP contribution in [-0.4, -0.2) is 74.8 Å². The average molecular weight is 473 g/mol. The molecule has 0 aromatic heterocycles. The van der Waals surface area contributed by atoms with E-state index >= 15 is 0 Å². The molecule has 1 unspecified atom stereocenters. The van der Waals surface area contributed by atoms with Crippen LogP contribution in [0.3, 0.4) is 0 Å². The lowest BCUT2D eigenvalue weighted by molar-refractivity contribution is -0.136. The molecule has 0 spiro atoms. The van der Waals surface area contributed by atoms with E-state index in [0.29, 0.717) is 56.3 Å². The Bertz CT molecular complexity index is 1110. The van der Waals surface area contributed by atoms with Crippen LogP contribution < -0.4 is 9.47 Å². The molecule has 2 amide bonds. The van der Waals surface area contributed by atoms with Crippen LogP contribution in [0.25, 0.3) is 0 Å². The Morgan fingerprint density at radius 2 is 1.67 bits per heavy atom. The van der Waals surface area contributed by atoms with E-state index < -0.39 is 15.8 Å². The molecule has 8 nitrogen and oxygen atoms in total. The van der Waals surface area contributed by atoms with Gasteiger partial charge >= 0.3 is 0 Å². The number of amides is 2. The van der Waals surface area contributed by atoms with Crippen molar-refractivity contribution >= 4 is 21.7 Å². The minimum atomic E-state index is -3.10. The lowest BCUT2D eigenvalue weighted by atomic mass is 10.1. The Labute approximate surface area is 194 Å². The molecule has 176 valence electrons. The van der Waals surface area contributed by atoms with Crippen LogP contribution in [0, 0.1) is 5.92 Å². The summed E-state index contributed by atoms with van der Waals surface area (Å²) in [5.74, 6) is 0.333. The third kappa shape index (κ3) is 5.47. The van der Waals surface area contributed by atoms with Gasteiger partial charge < -0.3 is 19.3 Å². The molecule has 0 radical (unpaired) electrons. The zero-order valence-electron chi connectivity index (χ0n) is 18.6. The van der Waals surface area contributed by atoms with Gasteiger partial charge in [0.1, 0.15) is 6.61 Å². The number of benzene rings is 2. The molecule has 1 atom stereocenters. The highest BCUT2D eigenvalue weighted by Gasteiger charge is 2.36. The van der Waals surface area contributed by atoms with Crippen LogP contribution in [0.15, 0.2) is 48.5 Å². The quantitative estimate of drug-likeness (QED) is 0.639. The highest BCUT2D eigenvalue weighted by molar-refractivity contribution is 7.91. The van der Waals surface area contributed by atoms with Crippen molar-refractivity contribution < 1.29 is 27.5 Å². The van der Waals surface area contributed by atoms with Gasteiger partial charge in [0.25, 0.3) is 5.91 Å². The predicted octanol–water partition coefficient (Wildman–Crippen LogP) is 1.99. The number of ether oxygens (including phenoxy) is 2. The molecule has 0 N–H and O–H groups in total. The highest BCUT2D eigenvalue weighted by Crippen LogP contribution is 2.29. The van der Waals surface area contributed by atoms with Crippen molar-refractivity contribution in [2.24, 2.45) is 5.92 Å². The molecule has 0 aliphatic carbocycles. The second-order valence-corrected chi connectivity index (χ2v) is 10.6. The van der Waals surface area contributed by atoms with E-state index in [0.717, 1.165) is 5.56 Å². The smallest absolute Gasteiger partial charge is 0.254 e. The molecule has 2 saturated heterocycles. The van der Waals surface area contributed by atoms with E-state index in [4.69, 9.17) is 9.47 Å². The third-order valence-corrected chi connectivity index (χ3v) is 7.88. The molecule has 33 heavy (non-hydrogen) atoms. The largest absolute Gasteiger partial charge is 0.493 e. The molecule has 2 aliphatic heterocycles. The summed E-state index contributed by atoms with van der Waals surface area (Å²) >= 11 is 0. The van der Waals surface area contributed by atoms with Crippen LogP contribution in [0.4, 0.5) is 0 Å². The minimum Gasteiger partial charge on any atom is -0.493 e. The minimum absolute atomic E-state index is 0.0660. The normalized spacial score (nSPS) is 19.8. The first-order chi connectivity index (χ1) is 15.9. The number of hydrogen-bond donors (Lipinski definition) is 0. The van der Waals surface area contributed by atoms with E-state index in [1.54, 1.807) is 28.0 Å². The summed E-state index contributed by atoms with van der Waals surface area (Å²) in [7, 11) is -1.57. The third-order valence-electron chi connectivity index (χ3n) is 6.11. The lowest BCUT2D eigenvalue weighted by Gasteiger charge is -2.36. The summed E-state index contributed by atoms with van der Waals surface area (Å²) in [6, 6.07) is 14.9. The Morgan fingerprint density at radius 1 is 0.970 bits per heavy atom. The number of nitrogens with zero attached hydrogens (tertiary/aromatic N) is 2. The standard InChI is InChI=1S/C24H28N2O6S/c1-31-22-15-19(7-8-21(22)32-16-18-5-3-2-4-6-18)23(27)25-10-12-26(13-11-25)24(28)20-9-14-33(29,30)17-20/h2-8,15,20H,9-14,16-17H2,1H3. The molecular weight excluding hydrogens is 444 g/mol. The van der Waals surface area contributed by atoms with Crippen LogP contribution >= 0.6 is 0 Å². The fraction of sp³-hybridized carbons (Fsp3) is 0.417. The van der Waals surface area contributed by atoms with Crippen molar-refractivity contribution in [3.63, 3.8) is 0 Å². The number of rotatable bonds is 6. The summed E-state index contributed by atoms with van der Waals surface area (Å²) < 4.78 is 34.6. The van der Waals surface area contributed by atoms with Gasteiger partial charge in [0.2, 0.25) is 5.91 Å². The van der Waals surface area contributed by atoms with Crippen molar-refractivity contribution in [1.29, 1.82) is 0 Å². The monoisotopic (exact) mass is 472 g/mol. The van der Waals surface area contributed by atoms with Gasteiger partial charge in [0, 0.05) is 31.7 Å². The Hall–Kier alpha value is -3.07. The van der Waals surface area contributed by atoms with Crippen LogP contribution in [0.1, 0.15) is 22.3 Å². The molecule has 4 rings (SSSR count). The predicted molar refractivity (Wildman–Crippen MR) is 123 cm³/mol. The molecule has 2 heterocycles. The second kappa shape index (κ2) is 9.82. The van der Waals surface area contributed by atoms with Crippen LogP contribution in [-0.2, 0) is 21.2 Å². The summed E-state index contributed by atoms with van der Waals surface area (Å²) in [5, 5.41) is 0. The first-order valence-corrected chi connectivity index (χ1v) is 12.8. The molecular formula is C24H28N2O6S. The van der Waals surface area contributed by atoms with E-state index in [9.17, 15) is 18.0 Å². The van der Waals surface area contributed by atoms with Crippen molar-refractivity contribution in [3.05, 3.63) is 59.7 Å². The maximum atomic E-state index is 13.0. The zero-order valence-corrected chi connectivity index (χ0v) is 19.4. The van der Waals surface area contributed by atoms with E-state index in [1.807, 2.05) is 30.3 Å². The molecule has 2 aliphatic rings. The molecule has 0 bridgehead atoms. The van der Waals surface area contributed by atoms with Gasteiger partial charge in [0.05, 0.1) is 24.5 Å². The number of piperazine rings is 1. The number of hydrogen-bond acceptors (Lipinski definition) is 6. The maximum Gasteiger partial charge on any atom is 0.254 e. The maximum absolute atomic E-state index is 13.0. The Morgan fingerprint density at radius 3 is 2.30 bits per heavy atom.